The average molecular weight is 355 g/mol. The number of carbonyl (C=O) groups is 2. The molecule has 6 heteroatoms. The van der Waals surface area contributed by atoms with Crippen molar-refractivity contribution in [2.45, 2.75) is 52.0 Å². The molecule has 1 aromatic carbocycles. The first-order valence-corrected chi connectivity index (χ1v) is 9.05. The van der Waals surface area contributed by atoms with E-state index in [2.05, 4.69) is 10.4 Å². The SMILES string of the molecule is CCC(C)(C)NC(=O)COC(=O)c1nn(-c2ccccc2)c2c1CCC2. The Labute approximate surface area is 153 Å². The van der Waals surface area contributed by atoms with Crippen LogP contribution in [0.2, 0.25) is 0 Å². The predicted octanol–water partition coefficient (Wildman–Crippen LogP) is 2.82. The van der Waals surface area contributed by atoms with Gasteiger partial charge in [-0.25, -0.2) is 9.48 Å². The summed E-state index contributed by atoms with van der Waals surface area (Å²) in [7, 11) is 0. The minimum absolute atomic E-state index is 0.296. The van der Waals surface area contributed by atoms with Gasteiger partial charge in [-0.3, -0.25) is 4.79 Å². The summed E-state index contributed by atoms with van der Waals surface area (Å²) in [6.07, 6.45) is 3.48. The van der Waals surface area contributed by atoms with E-state index >= 15 is 0 Å². The summed E-state index contributed by atoms with van der Waals surface area (Å²) in [4.78, 5) is 24.5. The zero-order chi connectivity index (χ0) is 18.7. The Morgan fingerprint density at radius 3 is 2.65 bits per heavy atom. The van der Waals surface area contributed by atoms with Crippen molar-refractivity contribution >= 4 is 11.9 Å². The minimum atomic E-state index is -0.540. The summed E-state index contributed by atoms with van der Waals surface area (Å²) in [5.41, 5.74) is 2.92. The van der Waals surface area contributed by atoms with Gasteiger partial charge in [-0.2, -0.15) is 5.10 Å². The number of hydrogen-bond donors (Lipinski definition) is 1. The van der Waals surface area contributed by atoms with Crippen LogP contribution in [0.1, 0.15) is 55.4 Å². The fourth-order valence-corrected chi connectivity index (χ4v) is 3.09. The molecular weight excluding hydrogens is 330 g/mol. The molecule has 1 aliphatic carbocycles. The molecule has 1 amide bonds. The molecule has 0 unspecified atom stereocenters. The zero-order valence-electron chi connectivity index (χ0n) is 15.5. The van der Waals surface area contributed by atoms with Crippen LogP contribution in [0.25, 0.3) is 5.69 Å². The van der Waals surface area contributed by atoms with Crippen molar-refractivity contribution in [3.05, 3.63) is 47.3 Å². The van der Waals surface area contributed by atoms with Crippen molar-refractivity contribution in [1.29, 1.82) is 0 Å². The smallest absolute Gasteiger partial charge is 0.359 e. The Morgan fingerprint density at radius 2 is 1.96 bits per heavy atom. The molecule has 0 bridgehead atoms. The molecule has 1 N–H and O–H groups in total. The number of para-hydroxylation sites is 1. The van der Waals surface area contributed by atoms with Gasteiger partial charge < -0.3 is 10.1 Å². The number of fused-ring (bicyclic) bond motifs is 1. The van der Waals surface area contributed by atoms with Gasteiger partial charge in [0.1, 0.15) is 0 Å². The Hall–Kier alpha value is -2.63. The monoisotopic (exact) mass is 355 g/mol. The summed E-state index contributed by atoms with van der Waals surface area (Å²) in [6.45, 7) is 5.56. The number of hydrogen-bond acceptors (Lipinski definition) is 4. The van der Waals surface area contributed by atoms with E-state index in [9.17, 15) is 9.59 Å². The van der Waals surface area contributed by atoms with Crippen molar-refractivity contribution in [3.63, 3.8) is 0 Å². The highest BCUT2D eigenvalue weighted by Gasteiger charge is 2.28. The number of rotatable bonds is 6. The standard InChI is InChI=1S/C20H25N3O3/c1-4-20(2,3)21-17(24)13-26-19(25)18-15-11-8-12-16(15)23(22-18)14-9-6-5-7-10-14/h5-7,9-10H,4,8,11-13H2,1-3H3,(H,21,24). The highest BCUT2D eigenvalue weighted by molar-refractivity contribution is 5.91. The van der Waals surface area contributed by atoms with Crippen LogP contribution >= 0.6 is 0 Å². The Bertz CT molecular complexity index is 809. The molecule has 1 aromatic heterocycles. The lowest BCUT2D eigenvalue weighted by atomic mass is 10.0. The highest BCUT2D eigenvalue weighted by Crippen LogP contribution is 2.28. The van der Waals surface area contributed by atoms with Gasteiger partial charge in [0.05, 0.1) is 5.69 Å². The molecule has 0 fully saturated rings. The molecule has 0 radical (unpaired) electrons. The predicted molar refractivity (Wildman–Crippen MR) is 98.4 cm³/mol. The summed E-state index contributed by atoms with van der Waals surface area (Å²) < 4.78 is 7.05. The second-order valence-corrected chi connectivity index (χ2v) is 7.24. The van der Waals surface area contributed by atoms with Crippen molar-refractivity contribution in [2.24, 2.45) is 0 Å². The van der Waals surface area contributed by atoms with E-state index in [1.807, 2.05) is 55.8 Å². The quantitative estimate of drug-likeness (QED) is 0.809. The molecule has 6 nitrogen and oxygen atoms in total. The van der Waals surface area contributed by atoms with Gasteiger partial charge in [-0.05, 0) is 51.7 Å². The molecule has 26 heavy (non-hydrogen) atoms. The van der Waals surface area contributed by atoms with Crippen molar-refractivity contribution < 1.29 is 14.3 Å². The topological polar surface area (TPSA) is 73.2 Å². The molecule has 138 valence electrons. The van der Waals surface area contributed by atoms with Crippen LogP contribution in [0.5, 0.6) is 0 Å². The number of carbonyl (C=O) groups excluding carboxylic acids is 2. The summed E-state index contributed by atoms with van der Waals surface area (Å²) in [6, 6.07) is 9.74. The molecule has 0 spiro atoms. The largest absolute Gasteiger partial charge is 0.451 e. The number of nitrogens with one attached hydrogen (secondary N) is 1. The maximum absolute atomic E-state index is 12.5. The number of benzene rings is 1. The van der Waals surface area contributed by atoms with Crippen molar-refractivity contribution in [3.8, 4) is 5.69 Å². The molecular formula is C20H25N3O3. The van der Waals surface area contributed by atoms with E-state index in [1.54, 1.807) is 0 Å². The van der Waals surface area contributed by atoms with Crippen LogP contribution in [0.15, 0.2) is 30.3 Å². The van der Waals surface area contributed by atoms with Crippen LogP contribution in [0, 0.1) is 0 Å². The van der Waals surface area contributed by atoms with Gasteiger partial charge in [-0.1, -0.05) is 25.1 Å². The van der Waals surface area contributed by atoms with Gasteiger partial charge in [-0.15, -0.1) is 0 Å². The van der Waals surface area contributed by atoms with Gasteiger partial charge in [0.2, 0.25) is 0 Å². The van der Waals surface area contributed by atoms with Crippen LogP contribution in [-0.4, -0.2) is 33.8 Å². The zero-order valence-corrected chi connectivity index (χ0v) is 15.5. The van der Waals surface area contributed by atoms with Crippen LogP contribution in [-0.2, 0) is 22.4 Å². The maximum atomic E-state index is 12.5. The Kier molecular flexibility index (Phi) is 5.11. The van der Waals surface area contributed by atoms with E-state index < -0.39 is 5.97 Å². The van der Waals surface area contributed by atoms with Crippen molar-refractivity contribution in [1.82, 2.24) is 15.1 Å². The van der Waals surface area contributed by atoms with Gasteiger partial charge >= 0.3 is 5.97 Å². The number of nitrogens with zero attached hydrogens (tertiary/aromatic N) is 2. The summed E-state index contributed by atoms with van der Waals surface area (Å²) >= 11 is 0. The van der Waals surface area contributed by atoms with Gasteiger partial charge in [0, 0.05) is 16.8 Å². The molecule has 3 rings (SSSR count). The molecule has 1 aliphatic rings. The minimum Gasteiger partial charge on any atom is -0.451 e. The molecule has 1 heterocycles. The van der Waals surface area contributed by atoms with E-state index in [-0.39, 0.29) is 18.1 Å². The number of ether oxygens (including phenoxy) is 1. The first-order chi connectivity index (χ1) is 12.4. The van der Waals surface area contributed by atoms with E-state index in [0.717, 1.165) is 42.6 Å². The first kappa shape index (κ1) is 18.2. The summed E-state index contributed by atoms with van der Waals surface area (Å²) in [5, 5.41) is 7.34. The molecule has 0 aliphatic heterocycles. The molecule has 0 saturated heterocycles. The van der Waals surface area contributed by atoms with Crippen LogP contribution in [0.4, 0.5) is 0 Å². The van der Waals surface area contributed by atoms with Crippen LogP contribution < -0.4 is 5.32 Å². The lowest BCUT2D eigenvalue weighted by Crippen LogP contribution is -2.44. The third-order valence-electron chi connectivity index (χ3n) is 4.82. The fraction of sp³-hybridized carbons (Fsp3) is 0.450. The lowest BCUT2D eigenvalue weighted by Gasteiger charge is -2.24. The second-order valence-electron chi connectivity index (χ2n) is 7.24. The second kappa shape index (κ2) is 7.32. The van der Waals surface area contributed by atoms with E-state index in [0.29, 0.717) is 5.69 Å². The maximum Gasteiger partial charge on any atom is 0.359 e. The molecule has 0 atom stereocenters. The van der Waals surface area contributed by atoms with E-state index in [4.69, 9.17) is 4.74 Å². The fourth-order valence-electron chi connectivity index (χ4n) is 3.09. The molecule has 2 aromatic rings. The third kappa shape index (κ3) is 3.79. The number of aromatic nitrogens is 2. The summed E-state index contributed by atoms with van der Waals surface area (Å²) in [5.74, 6) is -0.841. The Balaban J connectivity index is 1.74. The first-order valence-electron chi connectivity index (χ1n) is 9.05. The van der Waals surface area contributed by atoms with Gasteiger partial charge in [0.15, 0.2) is 12.3 Å². The lowest BCUT2D eigenvalue weighted by molar-refractivity contribution is -0.125. The third-order valence-corrected chi connectivity index (χ3v) is 4.82. The van der Waals surface area contributed by atoms with Crippen molar-refractivity contribution in [2.75, 3.05) is 6.61 Å². The molecule has 0 saturated carbocycles. The Morgan fingerprint density at radius 1 is 1.23 bits per heavy atom. The van der Waals surface area contributed by atoms with Crippen LogP contribution in [0.3, 0.4) is 0 Å². The number of amides is 1. The normalized spacial score (nSPS) is 13.3. The van der Waals surface area contributed by atoms with Gasteiger partial charge in [0.25, 0.3) is 5.91 Å². The number of esters is 1. The van der Waals surface area contributed by atoms with E-state index in [1.165, 1.54) is 0 Å². The highest BCUT2D eigenvalue weighted by atomic mass is 16.5. The average Bonchev–Trinajstić information content (AvgIpc) is 3.22.